The molecule has 144 valence electrons. The summed E-state index contributed by atoms with van der Waals surface area (Å²) in [6.45, 7) is 1.93. The first-order chi connectivity index (χ1) is 13.9. The minimum atomic E-state index is -0.926. The van der Waals surface area contributed by atoms with Crippen molar-refractivity contribution in [1.82, 2.24) is 9.55 Å². The van der Waals surface area contributed by atoms with Crippen LogP contribution in [0.1, 0.15) is 17.0 Å². The van der Waals surface area contributed by atoms with E-state index in [0.29, 0.717) is 22.3 Å². The maximum absolute atomic E-state index is 13.5. The summed E-state index contributed by atoms with van der Waals surface area (Å²) in [7, 11) is 0. The Balaban J connectivity index is 1.95. The van der Waals surface area contributed by atoms with Gasteiger partial charge >= 0.3 is 0 Å². The zero-order chi connectivity index (χ0) is 20.5. The van der Waals surface area contributed by atoms with E-state index >= 15 is 0 Å². The zero-order valence-corrected chi connectivity index (χ0v) is 17.5. The standard InChI is InChI=1S/C23H15F2IN2O/c1-14-12-16(26)8-10-21(14)28-22(11-7-15-6-9-18(24)19(25)13-15)27-20-5-3-2-4-17(20)23(28)29/h2-13H,1H3. The molecule has 0 fully saturated rings. The van der Waals surface area contributed by atoms with Crippen molar-refractivity contribution in [2.24, 2.45) is 0 Å². The maximum atomic E-state index is 13.5. The Morgan fingerprint density at radius 1 is 0.966 bits per heavy atom. The fourth-order valence-electron chi connectivity index (χ4n) is 3.15. The number of fused-ring (bicyclic) bond motifs is 1. The predicted octanol–water partition coefficient (Wildman–Crippen LogP) is 5.75. The quantitative estimate of drug-likeness (QED) is 0.336. The lowest BCUT2D eigenvalue weighted by atomic mass is 10.1. The Morgan fingerprint density at radius 2 is 1.76 bits per heavy atom. The smallest absolute Gasteiger partial charge is 0.266 e. The molecular formula is C23H15F2IN2O. The van der Waals surface area contributed by atoms with Gasteiger partial charge in [0.15, 0.2) is 11.6 Å². The van der Waals surface area contributed by atoms with Crippen molar-refractivity contribution in [3.05, 3.63) is 103 Å². The van der Waals surface area contributed by atoms with E-state index in [9.17, 15) is 13.6 Å². The van der Waals surface area contributed by atoms with E-state index in [2.05, 4.69) is 27.6 Å². The van der Waals surface area contributed by atoms with E-state index in [1.165, 1.54) is 6.07 Å². The Bertz CT molecular complexity index is 1330. The van der Waals surface area contributed by atoms with Crippen molar-refractivity contribution >= 4 is 45.6 Å². The molecule has 0 saturated carbocycles. The summed E-state index contributed by atoms with van der Waals surface area (Å²) < 4.78 is 29.3. The molecule has 0 N–H and O–H groups in total. The van der Waals surface area contributed by atoms with Crippen LogP contribution >= 0.6 is 22.6 Å². The third-order valence-corrected chi connectivity index (χ3v) is 5.24. The molecule has 0 aliphatic rings. The molecule has 1 aromatic heterocycles. The second kappa shape index (κ2) is 7.87. The molecule has 29 heavy (non-hydrogen) atoms. The zero-order valence-electron chi connectivity index (χ0n) is 15.4. The van der Waals surface area contributed by atoms with Crippen LogP contribution in [0.25, 0.3) is 28.7 Å². The molecule has 3 nitrogen and oxygen atoms in total. The Hall–Kier alpha value is -2.87. The highest BCUT2D eigenvalue weighted by Gasteiger charge is 2.13. The van der Waals surface area contributed by atoms with Crippen LogP contribution in [-0.2, 0) is 0 Å². The Kier molecular flexibility index (Phi) is 5.27. The second-order valence-corrected chi connectivity index (χ2v) is 7.81. The number of hydrogen-bond acceptors (Lipinski definition) is 2. The first-order valence-electron chi connectivity index (χ1n) is 8.85. The van der Waals surface area contributed by atoms with E-state index in [1.54, 1.807) is 34.9 Å². The van der Waals surface area contributed by atoms with E-state index in [0.717, 1.165) is 27.0 Å². The number of hydrogen-bond donors (Lipinski definition) is 0. The molecule has 0 bridgehead atoms. The molecule has 0 atom stereocenters. The van der Waals surface area contributed by atoms with Crippen molar-refractivity contribution in [2.75, 3.05) is 0 Å². The third-order valence-electron chi connectivity index (χ3n) is 4.57. The average molecular weight is 500 g/mol. The van der Waals surface area contributed by atoms with Crippen LogP contribution in [-0.4, -0.2) is 9.55 Å². The third kappa shape index (κ3) is 3.85. The summed E-state index contributed by atoms with van der Waals surface area (Å²) in [5, 5.41) is 0.510. The molecular weight excluding hydrogens is 485 g/mol. The molecule has 0 aliphatic heterocycles. The highest BCUT2D eigenvalue weighted by Crippen LogP contribution is 2.20. The van der Waals surface area contributed by atoms with Crippen LogP contribution in [0.4, 0.5) is 8.78 Å². The van der Waals surface area contributed by atoms with Gasteiger partial charge in [-0.2, -0.15) is 0 Å². The average Bonchev–Trinajstić information content (AvgIpc) is 2.70. The number of para-hydroxylation sites is 1. The van der Waals surface area contributed by atoms with Crippen LogP contribution < -0.4 is 5.56 Å². The van der Waals surface area contributed by atoms with Crippen LogP contribution in [0.5, 0.6) is 0 Å². The van der Waals surface area contributed by atoms with Gasteiger partial charge in [-0.25, -0.2) is 13.8 Å². The summed E-state index contributed by atoms with van der Waals surface area (Å²) in [6, 6.07) is 16.6. The molecule has 4 rings (SSSR count). The van der Waals surface area contributed by atoms with Gasteiger partial charge in [-0.3, -0.25) is 9.36 Å². The number of nitrogens with zero attached hydrogens (tertiary/aromatic N) is 2. The van der Waals surface area contributed by atoms with Gasteiger partial charge in [-0.1, -0.05) is 24.3 Å². The van der Waals surface area contributed by atoms with Crippen LogP contribution in [0.3, 0.4) is 0 Å². The molecule has 6 heteroatoms. The SMILES string of the molecule is Cc1cc(I)ccc1-n1c(C=Cc2ccc(F)c(F)c2)nc2ccccc2c1=O. The highest BCUT2D eigenvalue weighted by molar-refractivity contribution is 14.1. The highest BCUT2D eigenvalue weighted by atomic mass is 127. The summed E-state index contributed by atoms with van der Waals surface area (Å²) in [5.74, 6) is -1.43. The van der Waals surface area contributed by atoms with Crippen LogP contribution in [0.2, 0.25) is 0 Å². The maximum Gasteiger partial charge on any atom is 0.266 e. The molecule has 0 spiro atoms. The number of aromatic nitrogens is 2. The van der Waals surface area contributed by atoms with Gasteiger partial charge in [0.2, 0.25) is 0 Å². The van der Waals surface area contributed by atoms with E-state index in [4.69, 9.17) is 0 Å². The van der Waals surface area contributed by atoms with Crippen LogP contribution in [0.15, 0.2) is 65.5 Å². The minimum Gasteiger partial charge on any atom is -0.268 e. The summed E-state index contributed by atoms with van der Waals surface area (Å²) >= 11 is 2.22. The molecule has 0 aliphatic carbocycles. The van der Waals surface area contributed by atoms with Crippen molar-refractivity contribution in [3.63, 3.8) is 0 Å². The topological polar surface area (TPSA) is 34.9 Å². The van der Waals surface area contributed by atoms with Crippen molar-refractivity contribution < 1.29 is 8.78 Å². The molecule has 3 aromatic carbocycles. The van der Waals surface area contributed by atoms with E-state index in [-0.39, 0.29) is 5.56 Å². The monoisotopic (exact) mass is 500 g/mol. The van der Waals surface area contributed by atoms with Gasteiger partial charge in [0.25, 0.3) is 5.56 Å². The van der Waals surface area contributed by atoms with Crippen molar-refractivity contribution in [2.45, 2.75) is 6.92 Å². The lowest BCUT2D eigenvalue weighted by Gasteiger charge is -2.14. The first-order valence-corrected chi connectivity index (χ1v) is 9.93. The molecule has 0 saturated heterocycles. The lowest BCUT2D eigenvalue weighted by Crippen LogP contribution is -2.23. The number of halogens is 3. The lowest BCUT2D eigenvalue weighted by molar-refractivity contribution is 0.508. The summed E-state index contributed by atoms with van der Waals surface area (Å²) in [6.07, 6.45) is 3.25. The van der Waals surface area contributed by atoms with E-state index in [1.807, 2.05) is 31.2 Å². The van der Waals surface area contributed by atoms with Gasteiger partial charge in [0.05, 0.1) is 16.6 Å². The van der Waals surface area contributed by atoms with Crippen molar-refractivity contribution in [3.8, 4) is 5.69 Å². The predicted molar refractivity (Wildman–Crippen MR) is 120 cm³/mol. The van der Waals surface area contributed by atoms with Gasteiger partial charge in [0.1, 0.15) is 5.82 Å². The Morgan fingerprint density at radius 3 is 2.52 bits per heavy atom. The van der Waals surface area contributed by atoms with Gasteiger partial charge < -0.3 is 0 Å². The second-order valence-electron chi connectivity index (χ2n) is 6.57. The number of aryl methyl sites for hydroxylation is 1. The molecule has 0 unspecified atom stereocenters. The summed E-state index contributed by atoms with van der Waals surface area (Å²) in [4.78, 5) is 17.9. The molecule has 4 aromatic rings. The van der Waals surface area contributed by atoms with Crippen LogP contribution in [0, 0.1) is 22.1 Å². The van der Waals surface area contributed by atoms with Crippen molar-refractivity contribution in [1.29, 1.82) is 0 Å². The van der Waals surface area contributed by atoms with Gasteiger partial charge in [-0.15, -0.1) is 0 Å². The summed E-state index contributed by atoms with van der Waals surface area (Å²) in [5.41, 5.74) is 2.50. The fourth-order valence-corrected chi connectivity index (χ4v) is 3.80. The minimum absolute atomic E-state index is 0.190. The molecule has 1 heterocycles. The number of rotatable bonds is 3. The van der Waals surface area contributed by atoms with Gasteiger partial charge in [0, 0.05) is 3.57 Å². The largest absolute Gasteiger partial charge is 0.268 e. The molecule has 0 amide bonds. The first kappa shape index (κ1) is 19.4. The fraction of sp³-hybridized carbons (Fsp3) is 0.0435. The number of benzene rings is 3. The van der Waals surface area contributed by atoms with E-state index < -0.39 is 11.6 Å². The normalized spacial score (nSPS) is 11.4. The Labute approximate surface area is 179 Å². The van der Waals surface area contributed by atoms with Gasteiger partial charge in [-0.05, 0) is 89.2 Å². The molecule has 0 radical (unpaired) electrons.